The Labute approximate surface area is 997 Å². The molecule has 0 bridgehead atoms. The summed E-state index contributed by atoms with van der Waals surface area (Å²) < 4.78 is 98.0. The van der Waals surface area contributed by atoms with Gasteiger partial charge in [0.1, 0.15) is 111 Å². The lowest BCUT2D eigenvalue weighted by Crippen LogP contribution is -2.55. The molecule has 0 aliphatic heterocycles. The van der Waals surface area contributed by atoms with E-state index in [1.165, 1.54) is 0 Å². The highest BCUT2D eigenvalue weighted by atomic mass is 32.1. The largest absolute Gasteiger partial charge is 0.465 e. The van der Waals surface area contributed by atoms with E-state index in [4.69, 9.17) is 85.3 Å². The van der Waals surface area contributed by atoms with Crippen molar-refractivity contribution in [3.05, 3.63) is 31.5 Å². The standard InChI is InChI=1S/C28H46O13S6.C18H27N3O9S3.C17H28O8S4.C15H26O6S3.C10H22OS6/c29-21(1-7-42)36-15-27(16-37-22(30)2-8-43,17-38-23(31)3-9-44)13-35-14-28(18-39-24(32)4-10-45,19-40-25(33)5-11-46)20-41-26(34)6-12-47;22-13(1-10-31)28-7-4-19-16(25)20(5-8-29-14(23)2-11-32)18(27)21(17(19)26)6-9-30-15(24)3-12-33;18-13(1-5-26)22-9-17(10-23-14(19)2-6-27,11-24-15(20)3-7-28)12-25-16(21)4-8-29;1-2-15(9-19-12(16)3-6-22,10-20-13(17)4-7-23)11-21-14(18)5-8-24;12-3-9(4-13,5-14)1-11-2-10(6-15,7-16)8-17/h42-47H,1-20H2;31-33H,1-12H2;26-29H,1-12H2;22-24H,2-11H2,1H3;12-17H,1-8H2. The monoisotopic (exact) mass is 2540 g/mol. The minimum atomic E-state index is -1.41. The van der Waals surface area contributed by atoms with Crippen LogP contribution in [0.1, 0.15) is 116 Å². The molecule has 0 fully saturated rings. The zero-order chi connectivity index (χ0) is 114. The van der Waals surface area contributed by atoms with Gasteiger partial charge in [-0.3, -0.25) is 76.7 Å². The fourth-order valence-corrected chi connectivity index (χ4v) is 16.3. The molecule has 62 heteroatoms. The lowest BCUT2D eigenvalue weighted by Gasteiger charge is -2.35. The summed E-state index contributed by atoms with van der Waals surface area (Å²) in [7, 11) is 0. The van der Waals surface area contributed by atoms with Gasteiger partial charge in [-0.25, -0.2) is 28.1 Å². The summed E-state index contributed by atoms with van der Waals surface area (Å²) in [6.45, 7) is -2.86. The smallest absolute Gasteiger partial charge is 0.336 e. The third-order valence-corrected chi connectivity index (χ3v) is 27.2. The maximum Gasteiger partial charge on any atom is 0.336 e. The molecule has 1 heterocycles. The highest BCUT2D eigenvalue weighted by Gasteiger charge is 2.43. The number of hydrogen-bond donors (Lipinski definition) is 22. The van der Waals surface area contributed by atoms with Crippen LogP contribution < -0.4 is 17.1 Å². The Balaban J connectivity index is -0.000000922. The molecule has 0 spiro atoms. The first-order chi connectivity index (χ1) is 71.5. The fourth-order valence-electron chi connectivity index (χ4n) is 10.4. The summed E-state index contributed by atoms with van der Waals surface area (Å²) >= 11 is 89.9. The molecule has 0 aromatic carbocycles. The number of hydrogen-bond acceptors (Lipinski definition) is 59. The van der Waals surface area contributed by atoms with Crippen LogP contribution >= 0.6 is 278 Å². The second-order valence-corrected chi connectivity index (χ2v) is 41.5. The summed E-state index contributed by atoms with van der Waals surface area (Å²) in [4.78, 5) is 228. The van der Waals surface area contributed by atoms with E-state index in [9.17, 15) is 91.1 Å². The highest BCUT2D eigenvalue weighted by Crippen LogP contribution is 2.32. The fraction of sp³-hybridized carbons (Fsp3) is 0.784. The number of ether oxygens (including phenoxy) is 18. The molecule has 0 aliphatic carbocycles. The average molecular weight is 2550 g/mol. The zero-order valence-electron chi connectivity index (χ0n) is 83.6. The normalized spacial score (nSPS) is 11.2. The van der Waals surface area contributed by atoms with Crippen LogP contribution in [0.4, 0.5) is 0 Å². The summed E-state index contributed by atoms with van der Waals surface area (Å²) in [5, 5.41) is 0. The molecule has 0 radical (unpaired) electrons. The first-order valence-corrected chi connectivity index (χ1v) is 60.4. The Morgan fingerprint density at radius 3 is 0.407 bits per heavy atom. The van der Waals surface area contributed by atoms with Gasteiger partial charge in [-0.05, 0) is 40.9 Å². The molecule has 1 aromatic heterocycles. The van der Waals surface area contributed by atoms with Crippen molar-refractivity contribution in [2.24, 2.45) is 32.5 Å². The molecule has 0 unspecified atom stereocenters. The van der Waals surface area contributed by atoms with Crippen LogP contribution in [-0.4, -0.2) is 368 Å². The van der Waals surface area contributed by atoms with Crippen LogP contribution in [0.15, 0.2) is 14.4 Å². The van der Waals surface area contributed by atoms with Gasteiger partial charge in [0.05, 0.1) is 165 Å². The third kappa shape index (κ3) is 74.1. The molecule has 0 aliphatic rings. The second-order valence-electron chi connectivity index (χ2n) is 32.4. The van der Waals surface area contributed by atoms with Crippen LogP contribution in [0.2, 0.25) is 0 Å². The van der Waals surface area contributed by atoms with Crippen LogP contribution in [-0.2, 0) is 182 Å². The van der Waals surface area contributed by atoms with Gasteiger partial charge in [-0.1, -0.05) is 6.92 Å². The van der Waals surface area contributed by atoms with Gasteiger partial charge in [0.15, 0.2) is 0 Å². The summed E-state index contributed by atoms with van der Waals surface area (Å²) in [6.07, 6.45) is 1.36. The van der Waals surface area contributed by atoms with Gasteiger partial charge in [0, 0.05) is 103 Å². The van der Waals surface area contributed by atoms with E-state index >= 15 is 0 Å². The molecule has 150 heavy (non-hydrogen) atoms. The summed E-state index contributed by atoms with van der Waals surface area (Å²) in [6, 6.07) is 0. The first kappa shape index (κ1) is 154. The minimum absolute atomic E-state index is 0.00157. The maximum atomic E-state index is 12.7. The molecule has 0 atom stereocenters. The summed E-state index contributed by atoms with van der Waals surface area (Å²) in [5.74, 6) is 0.0552. The van der Waals surface area contributed by atoms with E-state index < -0.39 is 134 Å². The maximum absolute atomic E-state index is 12.7. The van der Waals surface area contributed by atoms with Crippen molar-refractivity contribution in [3.8, 4) is 0 Å². The van der Waals surface area contributed by atoms with Gasteiger partial charge in [-0.15, -0.1) is 0 Å². The zero-order valence-corrected chi connectivity index (χ0v) is 103. The Hall–Kier alpha value is -2.45. The molecule has 0 amide bonds. The molecular formula is C88H149N3O37S22. The highest BCUT2D eigenvalue weighted by molar-refractivity contribution is 7.84. The van der Waals surface area contributed by atoms with Crippen molar-refractivity contribution in [2.45, 2.75) is 136 Å². The number of thiol groups is 22. The van der Waals surface area contributed by atoms with E-state index in [2.05, 4.69) is 278 Å². The Kier molecular flexibility index (Phi) is 98.7. The molecule has 40 nitrogen and oxygen atoms in total. The Morgan fingerprint density at radius 2 is 0.287 bits per heavy atom. The predicted molar refractivity (Wildman–Crippen MR) is 640 cm³/mol. The third-order valence-electron chi connectivity index (χ3n) is 19.6. The lowest BCUT2D eigenvalue weighted by molar-refractivity contribution is -0.177. The van der Waals surface area contributed by atoms with Gasteiger partial charge >= 0.3 is 113 Å². The van der Waals surface area contributed by atoms with Gasteiger partial charge in [0.2, 0.25) is 0 Å². The van der Waals surface area contributed by atoms with Crippen molar-refractivity contribution in [1.82, 2.24) is 13.7 Å². The number of carbonyl (C=O) groups is 16. The molecule has 0 saturated carbocycles. The molecule has 870 valence electrons. The van der Waals surface area contributed by atoms with Crippen LogP contribution in [0.3, 0.4) is 0 Å². The van der Waals surface area contributed by atoms with E-state index in [1.54, 1.807) is 0 Å². The van der Waals surface area contributed by atoms with Crippen molar-refractivity contribution >= 4 is 373 Å². The Morgan fingerprint density at radius 1 is 0.173 bits per heavy atom. The van der Waals surface area contributed by atoms with Crippen molar-refractivity contribution in [2.75, 3.05) is 259 Å². The van der Waals surface area contributed by atoms with Crippen LogP contribution in [0.5, 0.6) is 0 Å². The molecule has 1 aromatic rings. The average Bonchev–Trinajstić information content (AvgIpc) is 0.781. The summed E-state index contributed by atoms with van der Waals surface area (Å²) in [5.41, 5.74) is -7.84. The van der Waals surface area contributed by atoms with Gasteiger partial charge in [0.25, 0.3) is 0 Å². The van der Waals surface area contributed by atoms with E-state index in [0.717, 1.165) is 48.2 Å². The Bertz CT molecular complexity index is 3700. The topological polar surface area (TPSA) is 505 Å². The van der Waals surface area contributed by atoms with Gasteiger partial charge in [-0.2, -0.15) is 278 Å². The quantitative estimate of drug-likeness (QED) is 0.0180. The minimum Gasteiger partial charge on any atom is -0.465 e. The predicted octanol–water partition coefficient (Wildman–Crippen LogP) is 6.87. The number of nitrogens with zero attached hydrogens (tertiary/aromatic N) is 3. The van der Waals surface area contributed by atoms with Crippen LogP contribution in [0.25, 0.3) is 0 Å². The molecule has 1 rings (SSSR count). The SMILES string of the molecule is CCC(COC(=O)CCS)(COC(=O)CCS)COC(=O)CCS.O=C(CCS)OCC(COC(=O)CCS)(COC(=O)CCS)COC(=O)CCS.O=C(CCS)OCC(COCC(COC(=O)CCS)(COC(=O)CCS)COC(=O)CCS)(COC(=O)CCS)COC(=O)CCS.O=C(CCS)OCCn1c(=O)n(CCOC(=O)CCS)c(=O)n(CCOC(=O)CCS)c1=O.SCC(CS)(CS)COCC(CS)(CS)CS. The first-order valence-electron chi connectivity index (χ1n) is 46.5. The van der Waals surface area contributed by atoms with Gasteiger partial charge < -0.3 is 85.3 Å². The molecular weight excluding hydrogens is 2400 g/mol. The van der Waals surface area contributed by atoms with E-state index in [0.29, 0.717) is 36.9 Å². The van der Waals surface area contributed by atoms with Crippen molar-refractivity contribution in [3.63, 3.8) is 0 Å². The van der Waals surface area contributed by atoms with Crippen molar-refractivity contribution in [1.29, 1.82) is 0 Å². The van der Waals surface area contributed by atoms with Crippen LogP contribution in [0, 0.1) is 32.5 Å². The second kappa shape index (κ2) is 96.3. The van der Waals surface area contributed by atoms with Crippen molar-refractivity contribution < 1.29 is 162 Å². The van der Waals surface area contributed by atoms with E-state index in [-0.39, 0.29) is 327 Å². The number of rotatable bonds is 82. The lowest BCUT2D eigenvalue weighted by atomic mass is 9.88. The molecule has 0 N–H and O–H groups in total. The number of aromatic nitrogens is 3. The number of carbonyl (C=O) groups excluding carboxylic acids is 16. The number of esters is 16. The molecule has 0 saturated heterocycles. The van der Waals surface area contributed by atoms with E-state index in [1.807, 2.05) is 6.92 Å².